The van der Waals surface area contributed by atoms with Gasteiger partial charge in [-0.3, -0.25) is 9.59 Å². The van der Waals surface area contributed by atoms with E-state index in [9.17, 15) is 14.4 Å². The topological polar surface area (TPSA) is 90.0 Å². The predicted octanol–water partition coefficient (Wildman–Crippen LogP) is 0.750. The van der Waals surface area contributed by atoms with Crippen LogP contribution in [0.1, 0.15) is 34.1 Å². The first-order valence-corrected chi connectivity index (χ1v) is 6.93. The van der Waals surface area contributed by atoms with Crippen LogP contribution < -0.4 is 5.32 Å². The van der Waals surface area contributed by atoms with Gasteiger partial charge in [0, 0.05) is 26.2 Å². The molecule has 1 unspecified atom stereocenters. The molecule has 0 fully saturated rings. The SMILES string of the molecule is CCN(CCC(=O)O)C(=O)NC(C)C(=O)N(CC)CC. The fourth-order valence-corrected chi connectivity index (χ4v) is 1.78. The molecule has 0 heterocycles. The summed E-state index contributed by atoms with van der Waals surface area (Å²) >= 11 is 0. The lowest BCUT2D eigenvalue weighted by Gasteiger charge is -2.26. The highest BCUT2D eigenvalue weighted by Crippen LogP contribution is 1.98. The van der Waals surface area contributed by atoms with Crippen LogP contribution in [-0.2, 0) is 9.59 Å². The van der Waals surface area contributed by atoms with E-state index in [0.717, 1.165) is 0 Å². The molecular weight excluding hydrogens is 262 g/mol. The Morgan fingerprint density at radius 2 is 1.55 bits per heavy atom. The van der Waals surface area contributed by atoms with Gasteiger partial charge in [0.05, 0.1) is 6.42 Å². The molecule has 0 saturated heterocycles. The number of urea groups is 1. The molecule has 0 aromatic rings. The van der Waals surface area contributed by atoms with Gasteiger partial charge in [0.2, 0.25) is 5.91 Å². The maximum Gasteiger partial charge on any atom is 0.318 e. The van der Waals surface area contributed by atoms with E-state index in [4.69, 9.17) is 5.11 Å². The Kier molecular flexibility index (Phi) is 8.35. The van der Waals surface area contributed by atoms with E-state index in [2.05, 4.69) is 5.32 Å². The van der Waals surface area contributed by atoms with Crippen molar-refractivity contribution in [3.8, 4) is 0 Å². The van der Waals surface area contributed by atoms with Crippen molar-refractivity contribution in [3.05, 3.63) is 0 Å². The van der Waals surface area contributed by atoms with Crippen LogP contribution in [0.3, 0.4) is 0 Å². The van der Waals surface area contributed by atoms with Gasteiger partial charge in [-0.1, -0.05) is 0 Å². The highest BCUT2D eigenvalue weighted by atomic mass is 16.4. The number of rotatable bonds is 8. The molecule has 0 aliphatic heterocycles. The Balaban J connectivity index is 4.48. The van der Waals surface area contributed by atoms with E-state index in [1.807, 2.05) is 13.8 Å². The van der Waals surface area contributed by atoms with E-state index in [0.29, 0.717) is 19.6 Å². The van der Waals surface area contributed by atoms with E-state index in [1.165, 1.54) is 4.90 Å². The molecule has 0 radical (unpaired) electrons. The average molecular weight is 287 g/mol. The number of carbonyl (C=O) groups is 3. The molecular formula is C13H25N3O4. The Hall–Kier alpha value is -1.79. The quantitative estimate of drug-likeness (QED) is 0.689. The zero-order chi connectivity index (χ0) is 15.7. The van der Waals surface area contributed by atoms with E-state index in [-0.39, 0.29) is 18.9 Å². The third kappa shape index (κ3) is 5.90. The molecule has 116 valence electrons. The smallest absolute Gasteiger partial charge is 0.318 e. The number of carbonyl (C=O) groups excluding carboxylic acids is 2. The summed E-state index contributed by atoms with van der Waals surface area (Å²) < 4.78 is 0. The number of carboxylic acid groups (broad SMARTS) is 1. The largest absolute Gasteiger partial charge is 0.481 e. The van der Waals surface area contributed by atoms with Crippen molar-refractivity contribution >= 4 is 17.9 Å². The average Bonchev–Trinajstić information content (AvgIpc) is 2.40. The molecule has 0 bridgehead atoms. The third-order valence-electron chi connectivity index (χ3n) is 3.05. The molecule has 0 saturated carbocycles. The Labute approximate surface area is 119 Å². The van der Waals surface area contributed by atoms with Crippen LogP contribution in [0.5, 0.6) is 0 Å². The minimum Gasteiger partial charge on any atom is -0.481 e. The monoisotopic (exact) mass is 287 g/mol. The molecule has 0 aromatic carbocycles. The number of aliphatic carboxylic acids is 1. The summed E-state index contributed by atoms with van der Waals surface area (Å²) in [5.74, 6) is -1.10. The van der Waals surface area contributed by atoms with Crippen molar-refractivity contribution < 1.29 is 19.5 Å². The molecule has 2 N–H and O–H groups in total. The summed E-state index contributed by atoms with van der Waals surface area (Å²) in [6, 6.07) is -1.04. The number of nitrogens with zero attached hydrogens (tertiary/aromatic N) is 2. The van der Waals surface area contributed by atoms with Crippen LogP contribution in [0.2, 0.25) is 0 Å². The number of nitrogens with one attached hydrogen (secondary N) is 1. The normalized spacial score (nSPS) is 11.6. The first kappa shape index (κ1) is 18.2. The highest BCUT2D eigenvalue weighted by molar-refractivity contribution is 5.86. The van der Waals surface area contributed by atoms with Crippen LogP contribution >= 0.6 is 0 Å². The Morgan fingerprint density at radius 1 is 1.05 bits per heavy atom. The molecule has 7 heteroatoms. The molecule has 3 amide bonds. The van der Waals surface area contributed by atoms with Crippen molar-refractivity contribution in [1.82, 2.24) is 15.1 Å². The second kappa shape index (κ2) is 9.17. The minimum atomic E-state index is -0.955. The second-order valence-electron chi connectivity index (χ2n) is 4.41. The molecule has 7 nitrogen and oxygen atoms in total. The zero-order valence-electron chi connectivity index (χ0n) is 12.7. The zero-order valence-corrected chi connectivity index (χ0v) is 12.7. The summed E-state index contributed by atoms with van der Waals surface area (Å²) in [5, 5.41) is 11.2. The van der Waals surface area contributed by atoms with Gasteiger partial charge in [0.15, 0.2) is 0 Å². The summed E-state index contributed by atoms with van der Waals surface area (Å²) in [4.78, 5) is 37.5. The van der Waals surface area contributed by atoms with Gasteiger partial charge in [-0.15, -0.1) is 0 Å². The van der Waals surface area contributed by atoms with Gasteiger partial charge in [-0.05, 0) is 27.7 Å². The van der Waals surface area contributed by atoms with Gasteiger partial charge in [0.1, 0.15) is 6.04 Å². The predicted molar refractivity (Wildman–Crippen MR) is 75.4 cm³/mol. The van der Waals surface area contributed by atoms with Crippen molar-refractivity contribution in [2.24, 2.45) is 0 Å². The summed E-state index contributed by atoms with van der Waals surface area (Å²) in [6.45, 7) is 8.84. The molecule has 0 spiro atoms. The highest BCUT2D eigenvalue weighted by Gasteiger charge is 2.22. The second-order valence-corrected chi connectivity index (χ2v) is 4.41. The van der Waals surface area contributed by atoms with Crippen LogP contribution in [0.25, 0.3) is 0 Å². The Bertz CT molecular complexity index is 343. The van der Waals surface area contributed by atoms with Crippen LogP contribution in [-0.4, -0.2) is 65.0 Å². The van der Waals surface area contributed by atoms with Crippen molar-refractivity contribution in [1.29, 1.82) is 0 Å². The van der Waals surface area contributed by atoms with Gasteiger partial charge >= 0.3 is 12.0 Å². The van der Waals surface area contributed by atoms with E-state index < -0.39 is 18.0 Å². The van der Waals surface area contributed by atoms with Gasteiger partial charge < -0.3 is 20.2 Å². The minimum absolute atomic E-state index is 0.111. The van der Waals surface area contributed by atoms with Crippen molar-refractivity contribution in [2.75, 3.05) is 26.2 Å². The first-order valence-electron chi connectivity index (χ1n) is 6.93. The lowest BCUT2D eigenvalue weighted by atomic mass is 10.3. The molecule has 0 aliphatic rings. The fraction of sp³-hybridized carbons (Fsp3) is 0.769. The van der Waals surface area contributed by atoms with Gasteiger partial charge in [0.25, 0.3) is 0 Å². The molecule has 20 heavy (non-hydrogen) atoms. The van der Waals surface area contributed by atoms with Crippen LogP contribution in [0.4, 0.5) is 4.79 Å². The van der Waals surface area contributed by atoms with Gasteiger partial charge in [-0.2, -0.15) is 0 Å². The molecule has 1 atom stereocenters. The first-order chi connectivity index (χ1) is 9.37. The number of carboxylic acids is 1. The number of hydrogen-bond donors (Lipinski definition) is 2. The summed E-state index contributed by atoms with van der Waals surface area (Å²) in [5.41, 5.74) is 0. The van der Waals surface area contributed by atoms with E-state index >= 15 is 0 Å². The van der Waals surface area contributed by atoms with Crippen LogP contribution in [0, 0.1) is 0 Å². The lowest BCUT2D eigenvalue weighted by Crippen LogP contribution is -2.51. The van der Waals surface area contributed by atoms with Crippen LogP contribution in [0.15, 0.2) is 0 Å². The molecule has 0 rings (SSSR count). The van der Waals surface area contributed by atoms with Gasteiger partial charge in [-0.25, -0.2) is 4.79 Å². The molecule has 0 aliphatic carbocycles. The summed E-state index contributed by atoms with van der Waals surface area (Å²) in [7, 11) is 0. The number of amides is 3. The number of hydrogen-bond acceptors (Lipinski definition) is 3. The third-order valence-corrected chi connectivity index (χ3v) is 3.05. The summed E-state index contributed by atoms with van der Waals surface area (Å²) in [6.07, 6.45) is -0.111. The maximum atomic E-state index is 12.0. The van der Waals surface area contributed by atoms with E-state index in [1.54, 1.807) is 18.7 Å². The number of likely N-dealkylation sites (N-methyl/N-ethyl adjacent to an activating group) is 1. The molecule has 0 aromatic heterocycles. The maximum absolute atomic E-state index is 12.0. The standard InChI is InChI=1S/C13H25N3O4/c1-5-15(6-2)12(19)10(4)14-13(20)16(7-3)9-8-11(17)18/h10H,5-9H2,1-4H3,(H,14,20)(H,17,18). The van der Waals surface area contributed by atoms with Crippen molar-refractivity contribution in [2.45, 2.75) is 40.2 Å². The van der Waals surface area contributed by atoms with Crippen molar-refractivity contribution in [3.63, 3.8) is 0 Å². The fourth-order valence-electron chi connectivity index (χ4n) is 1.78. The Morgan fingerprint density at radius 3 is 1.95 bits per heavy atom. The lowest BCUT2D eigenvalue weighted by molar-refractivity contribution is -0.137.